The highest BCUT2D eigenvalue weighted by Gasteiger charge is 2.17. The van der Waals surface area contributed by atoms with Gasteiger partial charge in [0.05, 0.1) is 23.0 Å². The molecule has 1 aliphatic carbocycles. The van der Waals surface area contributed by atoms with Crippen molar-refractivity contribution in [3.05, 3.63) is 59.3 Å². The van der Waals surface area contributed by atoms with Crippen molar-refractivity contribution in [1.82, 2.24) is 14.8 Å². The average molecular weight is 449 g/mol. The zero-order valence-corrected chi connectivity index (χ0v) is 18.9. The van der Waals surface area contributed by atoms with Crippen molar-refractivity contribution in [3.63, 3.8) is 0 Å². The van der Waals surface area contributed by atoms with Crippen LogP contribution in [0.5, 0.6) is 11.5 Å². The van der Waals surface area contributed by atoms with Crippen LogP contribution in [0.1, 0.15) is 29.7 Å². The third kappa shape index (κ3) is 4.18. The summed E-state index contributed by atoms with van der Waals surface area (Å²) in [6.07, 6.45) is 4.74. The van der Waals surface area contributed by atoms with E-state index in [1.807, 2.05) is 13.0 Å². The number of methoxy groups -OCH3 is 1. The molecule has 32 heavy (non-hydrogen) atoms. The molecule has 0 spiro atoms. The zero-order chi connectivity index (χ0) is 22.1. The Morgan fingerprint density at radius 2 is 1.81 bits per heavy atom. The maximum absolute atomic E-state index is 12.5. The lowest BCUT2D eigenvalue weighted by Gasteiger charge is -2.14. The van der Waals surface area contributed by atoms with E-state index < -0.39 is 0 Å². The Kier molecular flexibility index (Phi) is 5.53. The number of amides is 1. The predicted molar refractivity (Wildman–Crippen MR) is 125 cm³/mol. The summed E-state index contributed by atoms with van der Waals surface area (Å²) >= 11 is 1.59. The molecular weight excluding hydrogens is 424 g/mol. The molecule has 0 unspecified atom stereocenters. The zero-order valence-electron chi connectivity index (χ0n) is 18.1. The van der Waals surface area contributed by atoms with E-state index in [9.17, 15) is 4.79 Å². The summed E-state index contributed by atoms with van der Waals surface area (Å²) in [5.74, 6) is 1.65. The first-order chi connectivity index (χ1) is 15.6. The van der Waals surface area contributed by atoms with Crippen molar-refractivity contribution in [2.45, 2.75) is 32.6 Å². The Morgan fingerprint density at radius 3 is 2.56 bits per heavy atom. The maximum Gasteiger partial charge on any atom is 0.263 e. The summed E-state index contributed by atoms with van der Waals surface area (Å²) in [5.41, 5.74) is 4.62. The molecule has 8 heteroatoms. The van der Waals surface area contributed by atoms with E-state index in [2.05, 4.69) is 22.5 Å². The number of aromatic nitrogens is 3. The third-order valence-electron chi connectivity index (χ3n) is 5.55. The van der Waals surface area contributed by atoms with Gasteiger partial charge >= 0.3 is 0 Å². The fourth-order valence-corrected chi connectivity index (χ4v) is 4.94. The van der Waals surface area contributed by atoms with Crippen LogP contribution in [0.3, 0.4) is 0 Å². The Balaban J connectivity index is 1.33. The van der Waals surface area contributed by atoms with Crippen LogP contribution >= 0.6 is 11.3 Å². The SMILES string of the molecule is COc1ccc(OCC(=O)Nc2cc(C)nn2-c2nc3cc4c(cc3s2)CCCC4)cc1. The number of aryl methyl sites for hydroxylation is 3. The van der Waals surface area contributed by atoms with Gasteiger partial charge in [-0.1, -0.05) is 11.3 Å². The Morgan fingerprint density at radius 1 is 1.09 bits per heavy atom. The van der Waals surface area contributed by atoms with E-state index in [0.717, 1.165) is 39.6 Å². The monoisotopic (exact) mass is 448 g/mol. The number of fused-ring (bicyclic) bond motifs is 2. The molecule has 1 aliphatic rings. The van der Waals surface area contributed by atoms with Crippen LogP contribution in [0.15, 0.2) is 42.5 Å². The van der Waals surface area contributed by atoms with Gasteiger partial charge in [-0.05, 0) is 80.1 Å². The second-order valence-electron chi connectivity index (χ2n) is 7.89. The molecule has 0 radical (unpaired) electrons. The normalized spacial score (nSPS) is 13.1. The summed E-state index contributed by atoms with van der Waals surface area (Å²) < 4.78 is 13.6. The Hall–Kier alpha value is -3.39. The summed E-state index contributed by atoms with van der Waals surface area (Å²) in [5, 5.41) is 8.20. The van der Waals surface area contributed by atoms with Crippen LogP contribution < -0.4 is 14.8 Å². The summed E-state index contributed by atoms with van der Waals surface area (Å²) in [6.45, 7) is 1.79. The lowest BCUT2D eigenvalue weighted by molar-refractivity contribution is -0.118. The van der Waals surface area contributed by atoms with Crippen LogP contribution in [0.25, 0.3) is 15.3 Å². The highest BCUT2D eigenvalue weighted by molar-refractivity contribution is 7.20. The Labute approximate surface area is 190 Å². The minimum absolute atomic E-state index is 0.108. The molecule has 2 aromatic carbocycles. The van der Waals surface area contributed by atoms with Gasteiger partial charge in [0.15, 0.2) is 6.61 Å². The minimum Gasteiger partial charge on any atom is -0.497 e. The number of anilines is 1. The molecule has 2 aromatic heterocycles. The molecule has 4 aromatic rings. The second kappa shape index (κ2) is 8.63. The maximum atomic E-state index is 12.5. The van der Waals surface area contributed by atoms with Crippen molar-refractivity contribution in [2.75, 3.05) is 19.0 Å². The lowest BCUT2D eigenvalue weighted by atomic mass is 9.92. The van der Waals surface area contributed by atoms with E-state index in [1.54, 1.807) is 47.4 Å². The van der Waals surface area contributed by atoms with Crippen molar-refractivity contribution >= 4 is 33.3 Å². The van der Waals surface area contributed by atoms with E-state index in [1.165, 1.54) is 24.0 Å². The third-order valence-corrected chi connectivity index (χ3v) is 6.54. The first-order valence-corrected chi connectivity index (χ1v) is 11.5. The molecular formula is C24H24N4O3S. The molecule has 0 fully saturated rings. The molecule has 2 heterocycles. The van der Waals surface area contributed by atoms with Gasteiger partial charge in [-0.2, -0.15) is 9.78 Å². The van der Waals surface area contributed by atoms with Crippen LogP contribution in [0.4, 0.5) is 5.82 Å². The molecule has 5 rings (SSSR count). The van der Waals surface area contributed by atoms with Gasteiger partial charge in [-0.15, -0.1) is 0 Å². The molecule has 0 saturated heterocycles. The highest BCUT2D eigenvalue weighted by atomic mass is 32.1. The van der Waals surface area contributed by atoms with Gasteiger partial charge in [-0.25, -0.2) is 4.98 Å². The summed E-state index contributed by atoms with van der Waals surface area (Å²) in [7, 11) is 1.61. The molecule has 1 N–H and O–H groups in total. The first-order valence-electron chi connectivity index (χ1n) is 10.6. The molecule has 1 amide bonds. The summed E-state index contributed by atoms with van der Waals surface area (Å²) in [4.78, 5) is 17.3. The number of ether oxygens (including phenoxy) is 2. The lowest BCUT2D eigenvalue weighted by Crippen LogP contribution is -2.21. The van der Waals surface area contributed by atoms with E-state index >= 15 is 0 Å². The Bertz CT molecular complexity index is 1230. The summed E-state index contributed by atoms with van der Waals surface area (Å²) in [6, 6.07) is 13.4. The van der Waals surface area contributed by atoms with Gasteiger partial charge in [0, 0.05) is 6.07 Å². The van der Waals surface area contributed by atoms with Gasteiger partial charge in [0.1, 0.15) is 17.3 Å². The van der Waals surface area contributed by atoms with Crippen LogP contribution in [0, 0.1) is 6.92 Å². The van der Waals surface area contributed by atoms with Gasteiger partial charge in [-0.3, -0.25) is 4.79 Å². The molecule has 0 bridgehead atoms. The highest BCUT2D eigenvalue weighted by Crippen LogP contribution is 2.32. The van der Waals surface area contributed by atoms with Crippen molar-refractivity contribution in [1.29, 1.82) is 0 Å². The van der Waals surface area contributed by atoms with Gasteiger partial charge in [0.25, 0.3) is 5.91 Å². The smallest absolute Gasteiger partial charge is 0.263 e. The molecule has 7 nitrogen and oxygen atoms in total. The van der Waals surface area contributed by atoms with Gasteiger partial charge < -0.3 is 14.8 Å². The van der Waals surface area contributed by atoms with E-state index in [0.29, 0.717) is 11.6 Å². The second-order valence-corrected chi connectivity index (χ2v) is 8.90. The number of nitrogens with one attached hydrogen (secondary N) is 1. The van der Waals surface area contributed by atoms with Crippen molar-refractivity contribution < 1.29 is 14.3 Å². The largest absolute Gasteiger partial charge is 0.497 e. The fourth-order valence-electron chi connectivity index (χ4n) is 3.97. The number of thiazole rings is 1. The van der Waals surface area contributed by atoms with Crippen LogP contribution in [0.2, 0.25) is 0 Å². The van der Waals surface area contributed by atoms with Crippen LogP contribution in [-0.2, 0) is 17.6 Å². The van der Waals surface area contributed by atoms with Crippen LogP contribution in [-0.4, -0.2) is 34.4 Å². The molecule has 0 atom stereocenters. The molecule has 164 valence electrons. The van der Waals surface area contributed by atoms with E-state index in [-0.39, 0.29) is 12.5 Å². The molecule has 0 aliphatic heterocycles. The van der Waals surface area contributed by atoms with E-state index in [4.69, 9.17) is 14.5 Å². The number of carbonyl (C=O) groups is 1. The fraction of sp³-hybridized carbons (Fsp3) is 0.292. The quantitative estimate of drug-likeness (QED) is 0.463. The average Bonchev–Trinajstić information content (AvgIpc) is 3.38. The topological polar surface area (TPSA) is 78.3 Å². The van der Waals surface area contributed by atoms with Crippen molar-refractivity contribution in [2.24, 2.45) is 0 Å². The molecule has 0 saturated carbocycles. The van der Waals surface area contributed by atoms with Crippen molar-refractivity contribution in [3.8, 4) is 16.6 Å². The van der Waals surface area contributed by atoms with Gasteiger partial charge in [0.2, 0.25) is 5.13 Å². The number of hydrogen-bond donors (Lipinski definition) is 1. The number of rotatable bonds is 6. The predicted octanol–water partition coefficient (Wildman–Crippen LogP) is 4.70. The standard InChI is InChI=1S/C24H24N4O3S/c1-15-11-22(26-23(29)14-31-19-9-7-18(30-2)8-10-19)28(27-15)24-25-20-12-16-5-3-4-6-17(16)13-21(20)32-24/h7-13H,3-6,14H2,1-2H3,(H,26,29). The number of benzene rings is 2. The number of hydrogen-bond acceptors (Lipinski definition) is 6. The first kappa shape index (κ1) is 20.5. The minimum atomic E-state index is -0.265. The number of nitrogens with zero attached hydrogens (tertiary/aromatic N) is 3. The number of carbonyl (C=O) groups excluding carboxylic acids is 1.